The highest BCUT2D eigenvalue weighted by Crippen LogP contribution is 2.27. The third-order valence-electron chi connectivity index (χ3n) is 2.74. The van der Waals surface area contributed by atoms with Crippen LogP contribution in [0, 0.1) is 17.5 Å². The number of halogens is 3. The summed E-state index contributed by atoms with van der Waals surface area (Å²) in [7, 11) is 0. The first-order valence-corrected chi connectivity index (χ1v) is 5.75. The molecule has 4 nitrogen and oxygen atoms in total. The lowest BCUT2D eigenvalue weighted by Gasteiger charge is -2.13. The van der Waals surface area contributed by atoms with E-state index in [0.717, 1.165) is 12.1 Å². The predicted molar refractivity (Wildman–Crippen MR) is 63.6 cm³/mol. The molecule has 19 heavy (non-hydrogen) atoms. The molecular weight excluding hydrogens is 257 g/mol. The number of hydrogen-bond acceptors (Lipinski definition) is 3. The van der Waals surface area contributed by atoms with Crippen molar-refractivity contribution in [2.45, 2.75) is 26.4 Å². The SMILES string of the molecule is CC(C)n1c(CN)nnc1-c1ccc(F)c(F)c1F. The summed E-state index contributed by atoms with van der Waals surface area (Å²) < 4.78 is 41.6. The highest BCUT2D eigenvalue weighted by molar-refractivity contribution is 5.56. The Morgan fingerprint density at radius 1 is 1.16 bits per heavy atom. The van der Waals surface area contributed by atoms with Crippen LogP contribution >= 0.6 is 0 Å². The zero-order chi connectivity index (χ0) is 14.2. The molecule has 0 saturated heterocycles. The van der Waals surface area contributed by atoms with Crippen LogP contribution in [0.3, 0.4) is 0 Å². The molecule has 0 unspecified atom stereocenters. The molecule has 2 rings (SSSR count). The van der Waals surface area contributed by atoms with Gasteiger partial charge in [-0.1, -0.05) is 0 Å². The van der Waals surface area contributed by atoms with Crippen molar-refractivity contribution in [3.05, 3.63) is 35.4 Å². The minimum Gasteiger partial charge on any atom is -0.324 e. The van der Waals surface area contributed by atoms with Crippen molar-refractivity contribution >= 4 is 0 Å². The molecule has 0 aliphatic heterocycles. The van der Waals surface area contributed by atoms with Crippen molar-refractivity contribution in [2.75, 3.05) is 0 Å². The van der Waals surface area contributed by atoms with Gasteiger partial charge in [0.1, 0.15) is 5.82 Å². The Bertz CT molecular complexity index is 607. The second kappa shape index (κ2) is 5.00. The van der Waals surface area contributed by atoms with Gasteiger partial charge in [0.15, 0.2) is 23.3 Å². The smallest absolute Gasteiger partial charge is 0.195 e. The van der Waals surface area contributed by atoms with Crippen molar-refractivity contribution in [1.29, 1.82) is 0 Å². The van der Waals surface area contributed by atoms with E-state index in [1.165, 1.54) is 0 Å². The molecular formula is C12H13F3N4. The van der Waals surface area contributed by atoms with Gasteiger partial charge in [-0.05, 0) is 26.0 Å². The summed E-state index contributed by atoms with van der Waals surface area (Å²) in [5.41, 5.74) is 5.38. The fraction of sp³-hybridized carbons (Fsp3) is 0.333. The maximum Gasteiger partial charge on any atom is 0.195 e. The van der Waals surface area contributed by atoms with Crippen molar-refractivity contribution in [3.8, 4) is 11.4 Å². The summed E-state index contributed by atoms with van der Waals surface area (Å²) in [6, 6.07) is 1.91. The monoisotopic (exact) mass is 270 g/mol. The van der Waals surface area contributed by atoms with Crippen LogP contribution in [0.2, 0.25) is 0 Å². The lowest BCUT2D eigenvalue weighted by atomic mass is 10.1. The molecule has 0 saturated carbocycles. The number of rotatable bonds is 3. The Kier molecular flexibility index (Phi) is 3.57. The fourth-order valence-corrected chi connectivity index (χ4v) is 1.89. The van der Waals surface area contributed by atoms with Gasteiger partial charge in [0.25, 0.3) is 0 Å². The molecule has 102 valence electrons. The first-order chi connectivity index (χ1) is 8.97. The van der Waals surface area contributed by atoms with Gasteiger partial charge in [-0.2, -0.15) is 0 Å². The summed E-state index contributed by atoms with van der Waals surface area (Å²) >= 11 is 0. The van der Waals surface area contributed by atoms with Gasteiger partial charge in [-0.15, -0.1) is 10.2 Å². The van der Waals surface area contributed by atoms with E-state index in [9.17, 15) is 13.2 Å². The van der Waals surface area contributed by atoms with Gasteiger partial charge >= 0.3 is 0 Å². The highest BCUT2D eigenvalue weighted by atomic mass is 19.2. The Morgan fingerprint density at radius 2 is 1.84 bits per heavy atom. The zero-order valence-corrected chi connectivity index (χ0v) is 10.5. The van der Waals surface area contributed by atoms with E-state index in [2.05, 4.69) is 10.2 Å². The molecule has 2 aromatic rings. The van der Waals surface area contributed by atoms with Gasteiger partial charge in [0, 0.05) is 6.04 Å². The summed E-state index contributed by atoms with van der Waals surface area (Å²) in [4.78, 5) is 0. The molecule has 1 aromatic heterocycles. The Balaban J connectivity index is 2.66. The molecule has 0 amide bonds. The summed E-state index contributed by atoms with van der Waals surface area (Å²) in [5, 5.41) is 7.64. The number of benzene rings is 1. The van der Waals surface area contributed by atoms with Gasteiger partial charge in [-0.25, -0.2) is 13.2 Å². The summed E-state index contributed by atoms with van der Waals surface area (Å²) in [5.74, 6) is -3.46. The van der Waals surface area contributed by atoms with E-state index in [1.807, 2.05) is 13.8 Å². The molecule has 0 atom stereocenters. The van der Waals surface area contributed by atoms with Gasteiger partial charge in [0.05, 0.1) is 12.1 Å². The number of aromatic nitrogens is 3. The normalized spacial score (nSPS) is 11.3. The lowest BCUT2D eigenvalue weighted by molar-refractivity contribution is 0.447. The van der Waals surface area contributed by atoms with E-state index >= 15 is 0 Å². The quantitative estimate of drug-likeness (QED) is 0.871. The van der Waals surface area contributed by atoms with Crippen LogP contribution in [0.1, 0.15) is 25.7 Å². The van der Waals surface area contributed by atoms with Crippen molar-refractivity contribution in [3.63, 3.8) is 0 Å². The van der Waals surface area contributed by atoms with Crippen LogP contribution in [0.5, 0.6) is 0 Å². The average Bonchev–Trinajstić information content (AvgIpc) is 2.80. The Morgan fingerprint density at radius 3 is 2.42 bits per heavy atom. The molecule has 7 heteroatoms. The molecule has 1 aromatic carbocycles. The second-order valence-electron chi connectivity index (χ2n) is 4.33. The van der Waals surface area contributed by atoms with E-state index in [1.54, 1.807) is 4.57 Å². The predicted octanol–water partition coefficient (Wildman–Crippen LogP) is 2.40. The van der Waals surface area contributed by atoms with Crippen LogP contribution in [0.25, 0.3) is 11.4 Å². The fourth-order valence-electron chi connectivity index (χ4n) is 1.89. The molecule has 0 radical (unpaired) electrons. The zero-order valence-electron chi connectivity index (χ0n) is 10.5. The van der Waals surface area contributed by atoms with Gasteiger partial charge in [-0.3, -0.25) is 0 Å². The van der Waals surface area contributed by atoms with Crippen molar-refractivity contribution < 1.29 is 13.2 Å². The standard InChI is InChI=1S/C12H13F3N4/c1-6(2)19-9(5-16)17-18-12(19)7-3-4-8(13)11(15)10(7)14/h3-4,6H,5,16H2,1-2H3. The van der Waals surface area contributed by atoms with Crippen LogP contribution < -0.4 is 5.73 Å². The van der Waals surface area contributed by atoms with E-state index in [-0.39, 0.29) is 24.0 Å². The Hall–Kier alpha value is -1.89. The molecule has 0 bridgehead atoms. The summed E-state index contributed by atoms with van der Waals surface area (Å²) in [6.45, 7) is 3.80. The topological polar surface area (TPSA) is 56.7 Å². The molecule has 0 aliphatic rings. The van der Waals surface area contributed by atoms with Crippen molar-refractivity contribution in [1.82, 2.24) is 14.8 Å². The molecule has 2 N–H and O–H groups in total. The molecule has 0 aliphatic carbocycles. The maximum atomic E-state index is 13.8. The third kappa shape index (κ3) is 2.21. The summed E-state index contributed by atoms with van der Waals surface area (Å²) in [6.07, 6.45) is 0. The Labute approximate surface area is 108 Å². The number of nitrogens with zero attached hydrogens (tertiary/aromatic N) is 3. The largest absolute Gasteiger partial charge is 0.324 e. The van der Waals surface area contributed by atoms with Gasteiger partial charge in [0.2, 0.25) is 0 Å². The first-order valence-electron chi connectivity index (χ1n) is 5.75. The molecule has 0 fully saturated rings. The lowest BCUT2D eigenvalue weighted by Crippen LogP contribution is -2.12. The van der Waals surface area contributed by atoms with E-state index < -0.39 is 17.5 Å². The minimum absolute atomic E-state index is 0.0870. The van der Waals surface area contributed by atoms with E-state index in [0.29, 0.717) is 5.82 Å². The van der Waals surface area contributed by atoms with Crippen molar-refractivity contribution in [2.24, 2.45) is 5.73 Å². The highest BCUT2D eigenvalue weighted by Gasteiger charge is 2.21. The van der Waals surface area contributed by atoms with Crippen LogP contribution in [0.15, 0.2) is 12.1 Å². The number of nitrogens with two attached hydrogens (primary N) is 1. The van der Waals surface area contributed by atoms with E-state index in [4.69, 9.17) is 5.73 Å². The van der Waals surface area contributed by atoms with Crippen LogP contribution in [-0.4, -0.2) is 14.8 Å². The average molecular weight is 270 g/mol. The first kappa shape index (κ1) is 13.5. The van der Waals surface area contributed by atoms with Gasteiger partial charge < -0.3 is 10.3 Å². The number of hydrogen-bond donors (Lipinski definition) is 1. The van der Waals surface area contributed by atoms with Crippen LogP contribution in [-0.2, 0) is 6.54 Å². The minimum atomic E-state index is -1.52. The van der Waals surface area contributed by atoms with Crippen LogP contribution in [0.4, 0.5) is 13.2 Å². The third-order valence-corrected chi connectivity index (χ3v) is 2.74. The second-order valence-corrected chi connectivity index (χ2v) is 4.33. The molecule has 1 heterocycles. The molecule has 0 spiro atoms. The maximum absolute atomic E-state index is 13.8.